The van der Waals surface area contributed by atoms with Crippen molar-refractivity contribution < 1.29 is 22.8 Å². The third-order valence-corrected chi connectivity index (χ3v) is 6.37. The molecule has 1 aromatic carbocycles. The first-order chi connectivity index (χ1) is 15.8. The minimum Gasteiger partial charge on any atom is -0.474 e. The molecule has 178 valence electrons. The Labute approximate surface area is 190 Å². The number of aromatic nitrogens is 1. The fourth-order valence-corrected chi connectivity index (χ4v) is 4.64. The number of halogens is 3. The molecule has 0 radical (unpaired) electrons. The van der Waals surface area contributed by atoms with Crippen LogP contribution in [0.25, 0.3) is 0 Å². The van der Waals surface area contributed by atoms with Crippen molar-refractivity contribution in [2.45, 2.75) is 44.4 Å². The molecule has 1 N–H and O–H groups in total. The summed E-state index contributed by atoms with van der Waals surface area (Å²) in [6.07, 6.45) is 0.717. The van der Waals surface area contributed by atoms with Gasteiger partial charge in [0.1, 0.15) is 11.7 Å². The molecule has 10 heteroatoms. The third kappa shape index (κ3) is 5.93. The molecule has 0 atom stereocenters. The zero-order valence-electron chi connectivity index (χ0n) is 18.2. The molecule has 1 saturated carbocycles. The average molecular weight is 464 g/mol. The molecule has 2 heterocycles. The van der Waals surface area contributed by atoms with E-state index in [0.29, 0.717) is 17.9 Å². The normalized spacial score (nSPS) is 21.6. The van der Waals surface area contributed by atoms with Gasteiger partial charge < -0.3 is 15.0 Å². The van der Waals surface area contributed by atoms with Gasteiger partial charge in [-0.3, -0.25) is 10.1 Å². The van der Waals surface area contributed by atoms with E-state index in [-0.39, 0.29) is 12.0 Å². The number of nitro groups is 1. The number of hydrogen-bond acceptors (Lipinski definition) is 6. The van der Waals surface area contributed by atoms with Crippen LogP contribution >= 0.6 is 0 Å². The van der Waals surface area contributed by atoms with Crippen LogP contribution in [0.2, 0.25) is 0 Å². The molecule has 4 rings (SSSR count). The van der Waals surface area contributed by atoms with E-state index in [1.165, 1.54) is 6.07 Å². The van der Waals surface area contributed by atoms with E-state index in [2.05, 4.69) is 15.2 Å². The van der Waals surface area contributed by atoms with Crippen LogP contribution in [0.15, 0.2) is 36.5 Å². The number of anilines is 1. The van der Waals surface area contributed by atoms with Gasteiger partial charge in [0.05, 0.1) is 4.92 Å². The number of ether oxygens (including phenoxy) is 1. The summed E-state index contributed by atoms with van der Waals surface area (Å²) in [5.41, 5.74) is -0.520. The van der Waals surface area contributed by atoms with E-state index in [9.17, 15) is 23.3 Å². The van der Waals surface area contributed by atoms with Crippen molar-refractivity contribution in [2.24, 2.45) is 5.92 Å². The number of nitrogens with zero attached hydrogens (tertiary/aromatic N) is 3. The van der Waals surface area contributed by atoms with Gasteiger partial charge in [-0.1, -0.05) is 6.07 Å². The number of hydrogen-bond donors (Lipinski definition) is 1. The van der Waals surface area contributed by atoms with Crippen molar-refractivity contribution in [1.29, 1.82) is 0 Å². The minimum absolute atomic E-state index is 0.0228. The maximum atomic E-state index is 13.2. The summed E-state index contributed by atoms with van der Waals surface area (Å²) in [6.45, 7) is 3.77. The lowest BCUT2D eigenvalue weighted by atomic mass is 9.83. The average Bonchev–Trinajstić information content (AvgIpc) is 2.80. The van der Waals surface area contributed by atoms with E-state index < -0.39 is 22.4 Å². The van der Waals surface area contributed by atoms with Crippen LogP contribution < -0.4 is 15.0 Å². The highest BCUT2D eigenvalue weighted by Gasteiger charge is 2.38. The number of nitrogens with one attached hydrogen (secondary N) is 1. The molecule has 2 aromatic rings. The molecule has 0 unspecified atom stereocenters. The van der Waals surface area contributed by atoms with Crippen LogP contribution in [0.5, 0.6) is 5.88 Å². The first kappa shape index (κ1) is 23.3. The Morgan fingerprint density at radius 3 is 2.52 bits per heavy atom. The van der Waals surface area contributed by atoms with Gasteiger partial charge >= 0.3 is 6.18 Å². The molecular formula is C23H27F3N4O3. The highest BCUT2D eigenvalue weighted by atomic mass is 19.4. The third-order valence-electron chi connectivity index (χ3n) is 6.37. The van der Waals surface area contributed by atoms with Crippen molar-refractivity contribution in [2.75, 3.05) is 31.1 Å². The van der Waals surface area contributed by atoms with Gasteiger partial charge in [-0.15, -0.1) is 0 Å². The zero-order chi connectivity index (χ0) is 23.4. The first-order valence-corrected chi connectivity index (χ1v) is 11.2. The summed E-state index contributed by atoms with van der Waals surface area (Å²) in [6, 6.07) is 7.26. The van der Waals surface area contributed by atoms with Gasteiger partial charge in [0, 0.05) is 50.2 Å². The fraction of sp³-hybridized carbons (Fsp3) is 0.522. The summed E-state index contributed by atoms with van der Waals surface area (Å²) >= 11 is 0. The van der Waals surface area contributed by atoms with Gasteiger partial charge in [-0.2, -0.15) is 13.2 Å². The van der Waals surface area contributed by atoms with Gasteiger partial charge in [0.25, 0.3) is 5.69 Å². The van der Waals surface area contributed by atoms with Crippen LogP contribution in [0.1, 0.15) is 36.8 Å². The van der Waals surface area contributed by atoms with Crippen LogP contribution in [0.4, 0.5) is 24.5 Å². The molecule has 1 saturated heterocycles. The molecule has 0 amide bonds. The lowest BCUT2D eigenvalue weighted by Gasteiger charge is -2.31. The van der Waals surface area contributed by atoms with Gasteiger partial charge in [0.15, 0.2) is 0 Å². The van der Waals surface area contributed by atoms with E-state index in [1.54, 1.807) is 6.20 Å². The van der Waals surface area contributed by atoms with Crippen LogP contribution in [-0.4, -0.2) is 42.2 Å². The lowest BCUT2D eigenvalue weighted by Crippen LogP contribution is -2.43. The van der Waals surface area contributed by atoms with Crippen molar-refractivity contribution in [1.82, 2.24) is 10.3 Å². The molecule has 1 aliphatic heterocycles. The smallest absolute Gasteiger partial charge is 0.423 e. The summed E-state index contributed by atoms with van der Waals surface area (Å²) in [4.78, 5) is 16.6. The molecule has 2 fully saturated rings. The van der Waals surface area contributed by atoms with E-state index in [1.807, 2.05) is 12.1 Å². The van der Waals surface area contributed by atoms with Crippen molar-refractivity contribution in [3.63, 3.8) is 0 Å². The second-order valence-corrected chi connectivity index (χ2v) is 8.66. The van der Waals surface area contributed by atoms with E-state index in [0.717, 1.165) is 69.7 Å². The quantitative estimate of drug-likeness (QED) is 0.497. The Morgan fingerprint density at radius 2 is 1.85 bits per heavy atom. The molecule has 0 bridgehead atoms. The van der Waals surface area contributed by atoms with Crippen molar-refractivity contribution in [3.8, 4) is 5.88 Å². The van der Waals surface area contributed by atoms with Crippen LogP contribution in [0, 0.1) is 16.0 Å². The number of benzene rings is 1. The topological polar surface area (TPSA) is 80.5 Å². The molecule has 1 aromatic heterocycles. The molecular weight excluding hydrogens is 437 g/mol. The Balaban J connectivity index is 1.33. The van der Waals surface area contributed by atoms with Crippen molar-refractivity contribution >= 4 is 11.4 Å². The van der Waals surface area contributed by atoms with Gasteiger partial charge in [0.2, 0.25) is 5.88 Å². The number of piperazine rings is 1. The van der Waals surface area contributed by atoms with Crippen LogP contribution in [-0.2, 0) is 12.6 Å². The fourth-order valence-electron chi connectivity index (χ4n) is 4.64. The number of nitro benzene ring substituents is 1. The second kappa shape index (κ2) is 9.94. The predicted octanol–water partition coefficient (Wildman–Crippen LogP) is 4.60. The molecule has 1 aliphatic carbocycles. The lowest BCUT2D eigenvalue weighted by molar-refractivity contribution is -0.388. The summed E-state index contributed by atoms with van der Waals surface area (Å²) < 4.78 is 45.8. The maximum Gasteiger partial charge on any atom is 0.423 e. The number of pyridine rings is 1. The number of rotatable bonds is 6. The summed E-state index contributed by atoms with van der Waals surface area (Å²) in [5.74, 6) is 0.812. The largest absolute Gasteiger partial charge is 0.474 e. The SMILES string of the molecule is O=[N+]([O-])c1ccc(CC2CCC(Oc3cc(N4CCNCC4)ccn3)CC2)cc1C(F)(F)F. The highest BCUT2D eigenvalue weighted by molar-refractivity contribution is 5.48. The van der Waals surface area contributed by atoms with Crippen molar-refractivity contribution in [3.05, 3.63) is 57.8 Å². The standard InChI is InChI=1S/C23H27F3N4O3/c24-23(25,26)20-14-17(3-6-21(20)30(31)32)13-16-1-4-19(5-2-16)33-22-15-18(7-8-28-22)29-11-9-27-10-12-29/h3,6-8,14-16,19,27H,1-2,4-5,9-13H2. The monoisotopic (exact) mass is 464 g/mol. The molecule has 33 heavy (non-hydrogen) atoms. The first-order valence-electron chi connectivity index (χ1n) is 11.2. The second-order valence-electron chi connectivity index (χ2n) is 8.66. The number of alkyl halides is 3. The van der Waals surface area contributed by atoms with E-state index in [4.69, 9.17) is 4.74 Å². The predicted molar refractivity (Wildman–Crippen MR) is 117 cm³/mol. The van der Waals surface area contributed by atoms with E-state index >= 15 is 0 Å². The Morgan fingerprint density at radius 1 is 1.12 bits per heavy atom. The Kier molecular flexibility index (Phi) is 7.02. The minimum atomic E-state index is -4.75. The highest BCUT2D eigenvalue weighted by Crippen LogP contribution is 2.38. The molecule has 0 spiro atoms. The summed E-state index contributed by atoms with van der Waals surface area (Å²) in [5, 5.41) is 14.3. The van der Waals surface area contributed by atoms with Crippen LogP contribution in [0.3, 0.4) is 0 Å². The summed E-state index contributed by atoms with van der Waals surface area (Å²) in [7, 11) is 0. The molecule has 7 nitrogen and oxygen atoms in total. The Bertz CT molecular complexity index is 972. The van der Waals surface area contributed by atoms with Gasteiger partial charge in [-0.25, -0.2) is 4.98 Å². The molecule has 2 aliphatic rings. The van der Waals surface area contributed by atoms with Gasteiger partial charge in [-0.05, 0) is 55.7 Å². The Hall–Kier alpha value is -2.88. The maximum absolute atomic E-state index is 13.2. The zero-order valence-corrected chi connectivity index (χ0v) is 18.2.